The third-order valence-electron chi connectivity index (χ3n) is 3.91. The highest BCUT2D eigenvalue weighted by atomic mass is 127. The number of nitrogens with one attached hydrogen (secondary N) is 3. The van der Waals surface area contributed by atoms with Crippen LogP contribution in [0.15, 0.2) is 17.3 Å². The highest BCUT2D eigenvalue weighted by Crippen LogP contribution is 2.21. The number of hydrogen-bond donors (Lipinski definition) is 3. The van der Waals surface area contributed by atoms with Crippen molar-refractivity contribution in [1.29, 1.82) is 0 Å². The van der Waals surface area contributed by atoms with E-state index in [1.165, 1.54) is 0 Å². The Morgan fingerprint density at radius 3 is 2.93 bits per heavy atom. The molecule has 0 bridgehead atoms. The molecule has 0 amide bonds. The maximum atomic E-state index is 6.09. The van der Waals surface area contributed by atoms with Gasteiger partial charge in [0.25, 0.3) is 0 Å². The Bertz CT molecular complexity index is 589. The molecular formula is C18H30Cl2IN5O2. The molecule has 28 heavy (non-hydrogen) atoms. The summed E-state index contributed by atoms with van der Waals surface area (Å²) in [6.07, 6.45) is 4.98. The Balaban J connectivity index is 0.00000392. The summed E-state index contributed by atoms with van der Waals surface area (Å²) in [4.78, 5) is 8.72. The summed E-state index contributed by atoms with van der Waals surface area (Å²) >= 11 is 11.9. The third kappa shape index (κ3) is 10.3. The average molecular weight is 546 g/mol. The van der Waals surface area contributed by atoms with Gasteiger partial charge in [-0.1, -0.05) is 23.2 Å². The predicted molar refractivity (Wildman–Crippen MR) is 127 cm³/mol. The zero-order valence-corrected chi connectivity index (χ0v) is 20.0. The number of ether oxygens (including phenoxy) is 2. The maximum absolute atomic E-state index is 6.09. The summed E-state index contributed by atoms with van der Waals surface area (Å²) < 4.78 is 11.2. The van der Waals surface area contributed by atoms with Crippen molar-refractivity contribution < 1.29 is 9.47 Å². The van der Waals surface area contributed by atoms with Gasteiger partial charge in [0.1, 0.15) is 5.82 Å². The monoisotopic (exact) mass is 545 g/mol. The van der Waals surface area contributed by atoms with Gasteiger partial charge in [-0.25, -0.2) is 4.98 Å². The molecule has 2 heterocycles. The van der Waals surface area contributed by atoms with Crippen molar-refractivity contribution in [2.45, 2.75) is 32.3 Å². The van der Waals surface area contributed by atoms with E-state index < -0.39 is 0 Å². The van der Waals surface area contributed by atoms with Gasteiger partial charge in [-0.3, -0.25) is 4.99 Å². The third-order valence-corrected chi connectivity index (χ3v) is 4.40. The lowest BCUT2D eigenvalue weighted by Gasteiger charge is -2.13. The second-order valence-corrected chi connectivity index (χ2v) is 7.01. The number of halogens is 3. The maximum Gasteiger partial charge on any atom is 0.191 e. The second-order valence-electron chi connectivity index (χ2n) is 6.16. The lowest BCUT2D eigenvalue weighted by Crippen LogP contribution is -2.39. The van der Waals surface area contributed by atoms with Crippen molar-refractivity contribution in [3.63, 3.8) is 0 Å². The Morgan fingerprint density at radius 2 is 2.21 bits per heavy atom. The van der Waals surface area contributed by atoms with E-state index in [1.54, 1.807) is 12.3 Å². The van der Waals surface area contributed by atoms with Crippen LogP contribution < -0.4 is 16.0 Å². The second kappa shape index (κ2) is 15.3. The van der Waals surface area contributed by atoms with Crippen LogP contribution in [-0.4, -0.2) is 63.0 Å². The number of nitrogens with zero attached hydrogens (tertiary/aromatic N) is 2. The van der Waals surface area contributed by atoms with Gasteiger partial charge < -0.3 is 25.4 Å². The number of anilines is 1. The minimum Gasteiger partial charge on any atom is -0.379 e. The van der Waals surface area contributed by atoms with E-state index in [0.717, 1.165) is 38.4 Å². The number of rotatable bonds is 11. The van der Waals surface area contributed by atoms with Gasteiger partial charge in [-0.15, -0.1) is 24.0 Å². The van der Waals surface area contributed by atoms with Crippen LogP contribution in [0.2, 0.25) is 10.0 Å². The number of aromatic nitrogens is 1. The topological polar surface area (TPSA) is 79.8 Å². The standard InChI is InChI=1S/C18H29Cl2N5O2.HI/c1-2-21-18(23-6-4-9-26-13-15-5-3-10-27-15)24-8-7-22-17-16(20)11-14(19)12-25-17;/h11-12,15H,2-10,13H2,1H3,(H,22,25)(H2,21,23,24);1H. The van der Waals surface area contributed by atoms with Crippen molar-refractivity contribution in [3.8, 4) is 0 Å². The van der Waals surface area contributed by atoms with Crippen molar-refractivity contribution >= 4 is 59.0 Å². The summed E-state index contributed by atoms with van der Waals surface area (Å²) in [7, 11) is 0. The van der Waals surface area contributed by atoms with Crippen LogP contribution in [0, 0.1) is 0 Å². The summed E-state index contributed by atoms with van der Waals surface area (Å²) in [5.41, 5.74) is 0. The Morgan fingerprint density at radius 1 is 1.36 bits per heavy atom. The van der Waals surface area contributed by atoms with E-state index in [4.69, 9.17) is 32.7 Å². The molecule has 0 aromatic carbocycles. The quantitative estimate of drug-likeness (QED) is 0.171. The van der Waals surface area contributed by atoms with Crippen molar-refractivity contribution in [2.24, 2.45) is 4.99 Å². The van der Waals surface area contributed by atoms with Gasteiger partial charge in [-0.2, -0.15) is 0 Å². The zero-order chi connectivity index (χ0) is 19.3. The molecule has 1 aliphatic heterocycles. The highest BCUT2D eigenvalue weighted by molar-refractivity contribution is 14.0. The van der Waals surface area contributed by atoms with Gasteiger partial charge in [0.05, 0.1) is 22.8 Å². The first-order valence-corrected chi connectivity index (χ1v) is 10.2. The molecule has 2 rings (SSSR count). The van der Waals surface area contributed by atoms with Gasteiger partial charge >= 0.3 is 0 Å². The minimum atomic E-state index is 0. The Hall–Kier alpha value is -0.550. The van der Waals surface area contributed by atoms with E-state index in [9.17, 15) is 0 Å². The summed E-state index contributed by atoms with van der Waals surface area (Å²) in [5, 5.41) is 10.7. The van der Waals surface area contributed by atoms with Gasteiger partial charge in [0, 0.05) is 45.6 Å². The summed E-state index contributed by atoms with van der Waals surface area (Å²) in [6, 6.07) is 1.66. The Labute approximate surface area is 194 Å². The van der Waals surface area contributed by atoms with E-state index in [2.05, 4.69) is 25.9 Å². The fourth-order valence-corrected chi connectivity index (χ4v) is 3.04. The van der Waals surface area contributed by atoms with Crippen LogP contribution in [0.5, 0.6) is 0 Å². The molecule has 0 saturated carbocycles. The SMILES string of the molecule is CCNC(=NCCCOCC1CCCO1)NCCNc1ncc(Cl)cc1Cl.I. The molecule has 1 atom stereocenters. The van der Waals surface area contributed by atoms with Crippen LogP contribution >= 0.6 is 47.2 Å². The first-order valence-electron chi connectivity index (χ1n) is 9.45. The van der Waals surface area contributed by atoms with E-state index in [0.29, 0.717) is 48.7 Å². The molecule has 0 aliphatic carbocycles. The predicted octanol–water partition coefficient (Wildman–Crippen LogP) is 3.56. The van der Waals surface area contributed by atoms with Crippen molar-refractivity contribution in [2.75, 3.05) is 51.3 Å². The molecule has 1 fully saturated rings. The van der Waals surface area contributed by atoms with Crippen LogP contribution in [0.1, 0.15) is 26.2 Å². The fourth-order valence-electron chi connectivity index (χ4n) is 2.60. The molecule has 160 valence electrons. The lowest BCUT2D eigenvalue weighted by molar-refractivity contribution is 0.0171. The van der Waals surface area contributed by atoms with Crippen molar-refractivity contribution in [3.05, 3.63) is 22.3 Å². The van der Waals surface area contributed by atoms with Gasteiger partial charge in [0.2, 0.25) is 0 Å². The van der Waals surface area contributed by atoms with E-state index in [1.807, 2.05) is 6.92 Å². The van der Waals surface area contributed by atoms with Crippen LogP contribution in [0.3, 0.4) is 0 Å². The average Bonchev–Trinajstić information content (AvgIpc) is 3.16. The smallest absolute Gasteiger partial charge is 0.191 e. The van der Waals surface area contributed by atoms with Gasteiger partial charge in [0.15, 0.2) is 5.96 Å². The summed E-state index contributed by atoms with van der Waals surface area (Å²) in [6.45, 7) is 7.15. The normalized spacial score (nSPS) is 16.5. The van der Waals surface area contributed by atoms with E-state index in [-0.39, 0.29) is 30.1 Å². The van der Waals surface area contributed by atoms with Crippen LogP contribution in [0.4, 0.5) is 5.82 Å². The first kappa shape index (κ1) is 25.5. The molecule has 7 nitrogen and oxygen atoms in total. The molecule has 1 aromatic rings. The largest absolute Gasteiger partial charge is 0.379 e. The number of hydrogen-bond acceptors (Lipinski definition) is 5. The molecule has 1 aliphatic rings. The number of aliphatic imine (C=N–C) groups is 1. The number of guanidine groups is 1. The minimum absolute atomic E-state index is 0. The summed E-state index contributed by atoms with van der Waals surface area (Å²) in [5.74, 6) is 1.40. The lowest BCUT2D eigenvalue weighted by atomic mass is 10.2. The number of pyridine rings is 1. The Kier molecular flexibility index (Phi) is 13.9. The molecule has 0 radical (unpaired) electrons. The van der Waals surface area contributed by atoms with Crippen LogP contribution in [-0.2, 0) is 9.47 Å². The molecule has 10 heteroatoms. The highest BCUT2D eigenvalue weighted by Gasteiger charge is 2.14. The fraction of sp³-hybridized carbons (Fsp3) is 0.667. The first-order chi connectivity index (χ1) is 13.2. The zero-order valence-electron chi connectivity index (χ0n) is 16.2. The van der Waals surface area contributed by atoms with E-state index >= 15 is 0 Å². The molecule has 1 aromatic heterocycles. The molecule has 0 spiro atoms. The molecule has 1 saturated heterocycles. The molecular weight excluding hydrogens is 516 g/mol. The van der Waals surface area contributed by atoms with Crippen LogP contribution in [0.25, 0.3) is 0 Å². The van der Waals surface area contributed by atoms with Crippen molar-refractivity contribution in [1.82, 2.24) is 15.6 Å². The van der Waals surface area contributed by atoms with Gasteiger partial charge in [-0.05, 0) is 32.3 Å². The molecule has 1 unspecified atom stereocenters. The molecule has 3 N–H and O–H groups in total.